The third-order valence-corrected chi connectivity index (χ3v) is 4.88. The van der Waals surface area contributed by atoms with Crippen molar-refractivity contribution in [3.8, 4) is 17.2 Å². The molecule has 0 radical (unpaired) electrons. The number of aromatic nitrogens is 1. The third kappa shape index (κ3) is 4.56. The molecule has 7 heteroatoms. The summed E-state index contributed by atoms with van der Waals surface area (Å²) in [4.78, 5) is 28.6. The predicted molar refractivity (Wildman–Crippen MR) is 115 cm³/mol. The SMILES string of the molecule is COc1ccc2nc(-c3ccc(C(=O)NC(Cc4ccccc4)C(=O)O)cc3)oc2c1. The van der Waals surface area contributed by atoms with Crippen LogP contribution in [0.2, 0.25) is 0 Å². The Hall–Kier alpha value is -4.13. The monoisotopic (exact) mass is 416 g/mol. The Labute approximate surface area is 178 Å². The molecule has 1 heterocycles. The average Bonchev–Trinajstić information content (AvgIpc) is 3.22. The summed E-state index contributed by atoms with van der Waals surface area (Å²) < 4.78 is 11.0. The van der Waals surface area contributed by atoms with Gasteiger partial charge in [0.05, 0.1) is 7.11 Å². The van der Waals surface area contributed by atoms with Crippen LogP contribution in [0.25, 0.3) is 22.6 Å². The number of hydrogen-bond donors (Lipinski definition) is 2. The maximum Gasteiger partial charge on any atom is 0.326 e. The molecular weight excluding hydrogens is 396 g/mol. The molecule has 0 aliphatic heterocycles. The number of fused-ring (bicyclic) bond motifs is 1. The first-order valence-electron chi connectivity index (χ1n) is 9.66. The van der Waals surface area contributed by atoms with Crippen molar-refractivity contribution < 1.29 is 23.8 Å². The van der Waals surface area contributed by atoms with Crippen molar-refractivity contribution in [2.24, 2.45) is 0 Å². The molecule has 2 N–H and O–H groups in total. The molecule has 0 saturated heterocycles. The molecule has 1 atom stereocenters. The standard InChI is InChI=1S/C24H20N2O5/c1-30-18-11-12-19-21(14-18)31-23(26-19)17-9-7-16(8-10-17)22(27)25-20(24(28)29)13-15-5-3-2-4-6-15/h2-12,14,20H,13H2,1H3,(H,25,27)(H,28,29). The lowest BCUT2D eigenvalue weighted by molar-refractivity contribution is -0.139. The molecule has 0 fully saturated rings. The highest BCUT2D eigenvalue weighted by molar-refractivity contribution is 5.97. The molecule has 4 rings (SSSR count). The largest absolute Gasteiger partial charge is 0.497 e. The van der Waals surface area contributed by atoms with Crippen molar-refractivity contribution in [1.82, 2.24) is 10.3 Å². The van der Waals surface area contributed by atoms with Crippen molar-refractivity contribution >= 4 is 23.0 Å². The normalized spacial score (nSPS) is 11.8. The minimum absolute atomic E-state index is 0.201. The lowest BCUT2D eigenvalue weighted by Crippen LogP contribution is -2.42. The number of carbonyl (C=O) groups is 2. The molecule has 1 amide bonds. The van der Waals surface area contributed by atoms with E-state index in [-0.39, 0.29) is 6.42 Å². The summed E-state index contributed by atoms with van der Waals surface area (Å²) >= 11 is 0. The van der Waals surface area contributed by atoms with Gasteiger partial charge >= 0.3 is 5.97 Å². The summed E-state index contributed by atoms with van der Waals surface area (Å²) in [6.07, 6.45) is 0.201. The second-order valence-corrected chi connectivity index (χ2v) is 6.98. The highest BCUT2D eigenvalue weighted by Gasteiger charge is 2.21. The van der Waals surface area contributed by atoms with Gasteiger partial charge in [-0.3, -0.25) is 4.79 Å². The summed E-state index contributed by atoms with van der Waals surface area (Å²) in [5.74, 6) is -0.457. The first kappa shape index (κ1) is 20.2. The van der Waals surface area contributed by atoms with Gasteiger partial charge in [-0.2, -0.15) is 0 Å². The number of hydrogen-bond acceptors (Lipinski definition) is 5. The van der Waals surface area contributed by atoms with E-state index in [1.807, 2.05) is 36.4 Å². The number of carbonyl (C=O) groups excluding carboxylic acids is 1. The van der Waals surface area contributed by atoms with Gasteiger partial charge in [-0.05, 0) is 42.0 Å². The molecule has 156 valence electrons. The van der Waals surface area contributed by atoms with E-state index < -0.39 is 17.9 Å². The molecule has 4 aromatic rings. The highest BCUT2D eigenvalue weighted by Crippen LogP contribution is 2.27. The van der Waals surface area contributed by atoms with Crippen LogP contribution in [0, 0.1) is 0 Å². The van der Waals surface area contributed by atoms with Crippen molar-refractivity contribution in [3.05, 3.63) is 83.9 Å². The van der Waals surface area contributed by atoms with E-state index in [4.69, 9.17) is 9.15 Å². The summed E-state index contributed by atoms with van der Waals surface area (Å²) in [6, 6.07) is 20.2. The molecule has 1 aromatic heterocycles. The van der Waals surface area contributed by atoms with E-state index in [0.29, 0.717) is 33.9 Å². The minimum atomic E-state index is -1.09. The number of oxazole rings is 1. The number of aliphatic carboxylic acids is 1. The van der Waals surface area contributed by atoms with E-state index in [1.54, 1.807) is 43.5 Å². The summed E-state index contributed by atoms with van der Waals surface area (Å²) in [7, 11) is 1.58. The van der Waals surface area contributed by atoms with Gasteiger partial charge in [0.2, 0.25) is 5.89 Å². The third-order valence-electron chi connectivity index (χ3n) is 4.88. The molecule has 0 aliphatic rings. The van der Waals surface area contributed by atoms with Gasteiger partial charge in [0.25, 0.3) is 5.91 Å². The number of amides is 1. The van der Waals surface area contributed by atoms with Gasteiger partial charge in [-0.15, -0.1) is 0 Å². The number of nitrogens with zero attached hydrogens (tertiary/aromatic N) is 1. The highest BCUT2D eigenvalue weighted by atomic mass is 16.5. The van der Waals surface area contributed by atoms with E-state index in [0.717, 1.165) is 5.56 Å². The second-order valence-electron chi connectivity index (χ2n) is 6.98. The number of carboxylic acid groups (broad SMARTS) is 1. The summed E-state index contributed by atoms with van der Waals surface area (Å²) in [5.41, 5.74) is 3.17. The molecular formula is C24H20N2O5. The smallest absolute Gasteiger partial charge is 0.326 e. The van der Waals surface area contributed by atoms with Crippen LogP contribution in [0.1, 0.15) is 15.9 Å². The fraction of sp³-hybridized carbons (Fsp3) is 0.125. The molecule has 7 nitrogen and oxygen atoms in total. The van der Waals surface area contributed by atoms with Gasteiger partial charge in [0.1, 0.15) is 17.3 Å². The lowest BCUT2D eigenvalue weighted by atomic mass is 10.1. The number of methoxy groups -OCH3 is 1. The van der Waals surface area contributed by atoms with E-state index >= 15 is 0 Å². The summed E-state index contributed by atoms with van der Waals surface area (Å²) in [6.45, 7) is 0. The number of nitrogens with one attached hydrogen (secondary N) is 1. The van der Waals surface area contributed by atoms with Crippen LogP contribution in [0.15, 0.2) is 77.2 Å². The van der Waals surface area contributed by atoms with Gasteiger partial charge in [0, 0.05) is 23.6 Å². The fourth-order valence-electron chi connectivity index (χ4n) is 3.21. The first-order valence-corrected chi connectivity index (χ1v) is 9.66. The molecule has 0 spiro atoms. The average molecular weight is 416 g/mol. The lowest BCUT2D eigenvalue weighted by Gasteiger charge is -2.14. The van der Waals surface area contributed by atoms with Crippen molar-refractivity contribution in [1.29, 1.82) is 0 Å². The molecule has 1 unspecified atom stereocenters. The number of benzene rings is 3. The Kier molecular flexibility index (Phi) is 5.66. The van der Waals surface area contributed by atoms with Crippen LogP contribution in [-0.2, 0) is 11.2 Å². The van der Waals surface area contributed by atoms with Crippen LogP contribution in [0.5, 0.6) is 5.75 Å². The van der Waals surface area contributed by atoms with Crippen LogP contribution in [0.4, 0.5) is 0 Å². The Morgan fingerprint density at radius 3 is 2.48 bits per heavy atom. The van der Waals surface area contributed by atoms with Crippen molar-refractivity contribution in [2.75, 3.05) is 7.11 Å². The Morgan fingerprint density at radius 1 is 1.06 bits per heavy atom. The van der Waals surface area contributed by atoms with Gasteiger partial charge < -0.3 is 19.6 Å². The number of rotatable bonds is 7. The van der Waals surface area contributed by atoms with Crippen molar-refractivity contribution in [3.63, 3.8) is 0 Å². The Balaban J connectivity index is 1.49. The molecule has 0 aliphatic carbocycles. The zero-order chi connectivity index (χ0) is 21.8. The van der Waals surface area contributed by atoms with E-state index in [1.165, 1.54) is 0 Å². The molecule has 0 bridgehead atoms. The molecule has 3 aromatic carbocycles. The zero-order valence-corrected chi connectivity index (χ0v) is 16.7. The maximum atomic E-state index is 12.6. The molecule has 0 saturated carbocycles. The maximum absolute atomic E-state index is 12.6. The van der Waals surface area contributed by atoms with Crippen LogP contribution in [0.3, 0.4) is 0 Å². The second kappa shape index (κ2) is 8.71. The zero-order valence-electron chi connectivity index (χ0n) is 16.7. The van der Waals surface area contributed by atoms with E-state index in [9.17, 15) is 14.7 Å². The Morgan fingerprint density at radius 2 is 1.81 bits per heavy atom. The van der Waals surface area contributed by atoms with Gasteiger partial charge in [0.15, 0.2) is 5.58 Å². The predicted octanol–water partition coefficient (Wildman–Crippen LogP) is 3.93. The van der Waals surface area contributed by atoms with Gasteiger partial charge in [-0.1, -0.05) is 30.3 Å². The summed E-state index contributed by atoms with van der Waals surface area (Å²) in [5, 5.41) is 12.1. The Bertz CT molecular complexity index is 1220. The van der Waals surface area contributed by atoms with Gasteiger partial charge in [-0.25, -0.2) is 9.78 Å². The fourth-order valence-corrected chi connectivity index (χ4v) is 3.21. The quantitative estimate of drug-likeness (QED) is 0.473. The number of carboxylic acids is 1. The van der Waals surface area contributed by atoms with Crippen LogP contribution >= 0.6 is 0 Å². The first-order chi connectivity index (χ1) is 15.0. The topological polar surface area (TPSA) is 102 Å². The minimum Gasteiger partial charge on any atom is -0.497 e. The van der Waals surface area contributed by atoms with Crippen molar-refractivity contribution in [2.45, 2.75) is 12.5 Å². The number of ether oxygens (including phenoxy) is 1. The van der Waals surface area contributed by atoms with Crippen LogP contribution in [-0.4, -0.2) is 35.1 Å². The van der Waals surface area contributed by atoms with Crippen LogP contribution < -0.4 is 10.1 Å². The molecule has 31 heavy (non-hydrogen) atoms. The van der Waals surface area contributed by atoms with E-state index in [2.05, 4.69) is 10.3 Å².